The molecule has 3 aliphatic rings. The number of rotatable bonds is 7. The lowest BCUT2D eigenvalue weighted by Crippen LogP contribution is -2.83. The SMILES string of the molecule is CCC1CC2C1(CC1CC(C)CC1C)C(PC)[C@@]2(CC(C)C)NC. The Balaban J connectivity index is 1.86. The van der Waals surface area contributed by atoms with Gasteiger partial charge in [0.05, 0.1) is 0 Å². The minimum Gasteiger partial charge on any atom is -0.313 e. The zero-order valence-corrected chi connectivity index (χ0v) is 18.3. The van der Waals surface area contributed by atoms with E-state index in [2.05, 4.69) is 53.6 Å². The quantitative estimate of drug-likeness (QED) is 0.573. The van der Waals surface area contributed by atoms with Crippen molar-refractivity contribution in [1.29, 1.82) is 0 Å². The molecule has 1 nitrogen and oxygen atoms in total. The monoisotopic (exact) mass is 351 g/mol. The van der Waals surface area contributed by atoms with Crippen LogP contribution in [0.15, 0.2) is 0 Å². The summed E-state index contributed by atoms with van der Waals surface area (Å²) in [5.74, 6) is 5.71. The van der Waals surface area contributed by atoms with Gasteiger partial charge in [-0.2, -0.15) is 0 Å². The second-order valence-electron chi connectivity index (χ2n) is 10.1. The molecule has 9 atom stereocenters. The third-order valence-electron chi connectivity index (χ3n) is 8.50. The number of hydrogen-bond acceptors (Lipinski definition) is 1. The van der Waals surface area contributed by atoms with E-state index in [4.69, 9.17) is 0 Å². The molecule has 0 aromatic heterocycles. The van der Waals surface area contributed by atoms with Gasteiger partial charge in [0.25, 0.3) is 0 Å². The van der Waals surface area contributed by atoms with Crippen molar-refractivity contribution in [2.75, 3.05) is 13.7 Å². The largest absolute Gasteiger partial charge is 0.313 e. The van der Waals surface area contributed by atoms with Crippen LogP contribution in [0.2, 0.25) is 0 Å². The van der Waals surface area contributed by atoms with Crippen molar-refractivity contribution in [2.24, 2.45) is 40.9 Å². The normalized spacial score (nSPS) is 51.0. The standard InChI is InChI=1S/C22H42NP/c1-8-18-11-19-21(18,13-17-10-15(4)9-16(17)5)20(24-7)22(19,23-6)12-14(2)3/h14-20,23-24H,8-13H2,1-7H3/t15?,16?,17?,18?,19?,20?,21?,22-/m0/s1. The Labute approximate surface area is 153 Å². The van der Waals surface area contributed by atoms with Crippen molar-refractivity contribution >= 4 is 8.58 Å². The lowest BCUT2D eigenvalue weighted by Gasteiger charge is -2.79. The molecular formula is C22H42NP. The Morgan fingerprint density at radius 2 is 1.88 bits per heavy atom. The molecule has 3 rings (SSSR count). The Bertz CT molecular complexity index is 449. The first-order chi connectivity index (χ1) is 11.4. The Kier molecular flexibility index (Phi) is 5.46. The van der Waals surface area contributed by atoms with Crippen LogP contribution < -0.4 is 5.32 Å². The Hall–Kier alpha value is 0.390. The van der Waals surface area contributed by atoms with Crippen LogP contribution in [0.1, 0.15) is 73.1 Å². The minimum absolute atomic E-state index is 0.459. The van der Waals surface area contributed by atoms with Crippen molar-refractivity contribution in [3.63, 3.8) is 0 Å². The van der Waals surface area contributed by atoms with Gasteiger partial charge in [-0.1, -0.05) is 41.0 Å². The summed E-state index contributed by atoms with van der Waals surface area (Å²) in [6.07, 6.45) is 8.83. The van der Waals surface area contributed by atoms with E-state index >= 15 is 0 Å². The zero-order valence-electron chi connectivity index (χ0n) is 17.3. The van der Waals surface area contributed by atoms with Crippen LogP contribution in [0.25, 0.3) is 0 Å². The molecule has 0 bridgehead atoms. The minimum atomic E-state index is 0.459. The fraction of sp³-hybridized carbons (Fsp3) is 1.00. The van der Waals surface area contributed by atoms with Crippen molar-refractivity contribution < 1.29 is 0 Å². The van der Waals surface area contributed by atoms with E-state index in [0.29, 0.717) is 11.0 Å². The highest BCUT2D eigenvalue weighted by Gasteiger charge is 2.76. The van der Waals surface area contributed by atoms with Crippen molar-refractivity contribution in [3.8, 4) is 0 Å². The van der Waals surface area contributed by atoms with Gasteiger partial charge in [0.15, 0.2) is 0 Å². The van der Waals surface area contributed by atoms with Crippen LogP contribution in [-0.4, -0.2) is 24.9 Å². The average Bonchev–Trinajstić information content (AvgIpc) is 2.82. The molecule has 0 aromatic rings. The van der Waals surface area contributed by atoms with Gasteiger partial charge < -0.3 is 5.32 Å². The van der Waals surface area contributed by atoms with Crippen LogP contribution in [0.5, 0.6) is 0 Å². The van der Waals surface area contributed by atoms with Crippen LogP contribution in [0.3, 0.4) is 0 Å². The van der Waals surface area contributed by atoms with E-state index in [1.54, 1.807) is 6.42 Å². The molecular weight excluding hydrogens is 309 g/mol. The summed E-state index contributed by atoms with van der Waals surface area (Å²) >= 11 is 0. The van der Waals surface area contributed by atoms with Crippen LogP contribution in [0.4, 0.5) is 0 Å². The molecule has 24 heavy (non-hydrogen) atoms. The summed E-state index contributed by atoms with van der Waals surface area (Å²) in [5.41, 5.74) is 2.09. The number of fused-ring (bicyclic) bond motifs is 1. The second kappa shape index (κ2) is 6.84. The first kappa shape index (κ1) is 19.2. The third-order valence-corrected chi connectivity index (χ3v) is 10.1. The van der Waals surface area contributed by atoms with Crippen molar-refractivity contribution in [1.82, 2.24) is 5.32 Å². The molecule has 1 N–H and O–H groups in total. The Morgan fingerprint density at radius 1 is 1.17 bits per heavy atom. The summed E-state index contributed by atoms with van der Waals surface area (Å²) in [5, 5.41) is 3.90. The molecule has 2 heteroatoms. The van der Waals surface area contributed by atoms with Gasteiger partial charge in [0.1, 0.15) is 0 Å². The van der Waals surface area contributed by atoms with E-state index < -0.39 is 0 Å². The van der Waals surface area contributed by atoms with Crippen LogP contribution >= 0.6 is 8.58 Å². The topological polar surface area (TPSA) is 12.0 Å². The fourth-order valence-electron chi connectivity index (χ4n) is 7.83. The van der Waals surface area contributed by atoms with Crippen LogP contribution in [-0.2, 0) is 0 Å². The highest BCUT2D eigenvalue weighted by Crippen LogP contribution is 2.77. The maximum atomic E-state index is 3.90. The first-order valence-electron chi connectivity index (χ1n) is 10.7. The van der Waals surface area contributed by atoms with Gasteiger partial charge in [-0.05, 0) is 86.7 Å². The van der Waals surface area contributed by atoms with Crippen molar-refractivity contribution in [2.45, 2.75) is 84.3 Å². The Morgan fingerprint density at radius 3 is 2.33 bits per heavy atom. The molecule has 3 saturated carbocycles. The lowest BCUT2D eigenvalue weighted by molar-refractivity contribution is -0.224. The van der Waals surface area contributed by atoms with Crippen LogP contribution in [0, 0.1) is 40.9 Å². The van der Waals surface area contributed by atoms with E-state index in [-0.39, 0.29) is 0 Å². The van der Waals surface area contributed by atoms with Gasteiger partial charge in [-0.25, -0.2) is 0 Å². The van der Waals surface area contributed by atoms with E-state index in [1.807, 2.05) is 0 Å². The summed E-state index contributed by atoms with van der Waals surface area (Å²) in [7, 11) is 3.36. The van der Waals surface area contributed by atoms with Gasteiger partial charge in [-0.3, -0.25) is 0 Å². The van der Waals surface area contributed by atoms with Crippen molar-refractivity contribution in [3.05, 3.63) is 0 Å². The lowest BCUT2D eigenvalue weighted by atomic mass is 9.31. The smallest absolute Gasteiger partial charge is 0.0285 e. The molecule has 0 aliphatic heterocycles. The summed E-state index contributed by atoms with van der Waals surface area (Å²) in [4.78, 5) is 0. The molecule has 0 spiro atoms. The van der Waals surface area contributed by atoms with Gasteiger partial charge in [0, 0.05) is 11.2 Å². The summed E-state index contributed by atoms with van der Waals surface area (Å²) < 4.78 is 0. The molecule has 0 heterocycles. The van der Waals surface area contributed by atoms with Gasteiger partial charge in [-0.15, -0.1) is 8.58 Å². The predicted octanol–water partition coefficient (Wildman–Crippen LogP) is 5.79. The number of nitrogens with one attached hydrogen (secondary N) is 1. The maximum absolute atomic E-state index is 3.90. The third kappa shape index (κ3) is 2.55. The van der Waals surface area contributed by atoms with E-state index in [9.17, 15) is 0 Å². The molecule has 0 saturated heterocycles. The second-order valence-corrected chi connectivity index (χ2v) is 11.3. The molecule has 8 unspecified atom stereocenters. The molecule has 0 radical (unpaired) electrons. The average molecular weight is 352 g/mol. The highest BCUT2D eigenvalue weighted by molar-refractivity contribution is 7.38. The fourth-order valence-corrected chi connectivity index (χ4v) is 9.90. The maximum Gasteiger partial charge on any atom is 0.0285 e. The highest BCUT2D eigenvalue weighted by atomic mass is 31.1. The molecule has 3 fully saturated rings. The van der Waals surface area contributed by atoms with E-state index in [1.165, 1.54) is 32.1 Å². The predicted molar refractivity (Wildman–Crippen MR) is 109 cm³/mol. The van der Waals surface area contributed by atoms with Gasteiger partial charge >= 0.3 is 0 Å². The zero-order chi connectivity index (χ0) is 17.7. The summed E-state index contributed by atoms with van der Waals surface area (Å²) in [6, 6.07) is 0. The molecule has 0 amide bonds. The summed E-state index contributed by atoms with van der Waals surface area (Å²) in [6.45, 7) is 14.8. The first-order valence-corrected chi connectivity index (χ1v) is 12.3. The van der Waals surface area contributed by atoms with E-state index in [0.717, 1.165) is 49.7 Å². The number of hydrogen-bond donors (Lipinski definition) is 1. The molecule has 140 valence electrons. The molecule has 0 aromatic carbocycles. The molecule has 3 aliphatic carbocycles. The van der Waals surface area contributed by atoms with Gasteiger partial charge in [0.2, 0.25) is 0 Å².